The molecule has 1 atom stereocenters. The molecule has 2 rings (SSSR count). The van der Waals surface area contributed by atoms with Crippen LogP contribution in [0.1, 0.15) is 24.2 Å². The number of benzene rings is 2. The van der Waals surface area contributed by atoms with Crippen LogP contribution in [0.15, 0.2) is 36.4 Å². The third kappa shape index (κ3) is 2.90. The maximum absolute atomic E-state index is 13.8. The lowest BCUT2D eigenvalue weighted by molar-refractivity contribution is 0.198. The van der Waals surface area contributed by atoms with Crippen LogP contribution < -0.4 is 4.74 Å². The van der Waals surface area contributed by atoms with E-state index in [2.05, 4.69) is 0 Å². The monoisotopic (exact) mass is 264 g/mol. The maximum Gasteiger partial charge on any atom is 0.168 e. The summed E-state index contributed by atoms with van der Waals surface area (Å²) in [6, 6.07) is 8.76. The molecule has 0 heterocycles. The lowest BCUT2D eigenvalue weighted by Gasteiger charge is -2.11. The van der Waals surface area contributed by atoms with E-state index >= 15 is 0 Å². The zero-order valence-electron chi connectivity index (χ0n) is 10.7. The molecule has 0 spiro atoms. The highest BCUT2D eigenvalue weighted by molar-refractivity contribution is 5.37. The number of halogens is 2. The van der Waals surface area contributed by atoms with Gasteiger partial charge >= 0.3 is 0 Å². The van der Waals surface area contributed by atoms with Crippen molar-refractivity contribution < 1.29 is 18.6 Å². The van der Waals surface area contributed by atoms with E-state index in [1.807, 2.05) is 0 Å². The zero-order valence-corrected chi connectivity index (χ0v) is 10.7. The minimum atomic E-state index is -0.765. The summed E-state index contributed by atoms with van der Waals surface area (Å²) in [5, 5.41) is 9.34. The Bertz CT molecular complexity index is 595. The molecule has 2 nitrogen and oxygen atoms in total. The molecular weight excluding hydrogens is 250 g/mol. The first kappa shape index (κ1) is 13.5. The van der Waals surface area contributed by atoms with Crippen molar-refractivity contribution in [3.05, 3.63) is 59.2 Å². The fraction of sp³-hybridized carbons (Fsp3) is 0.200. The third-order valence-corrected chi connectivity index (χ3v) is 2.81. The van der Waals surface area contributed by atoms with Gasteiger partial charge in [0.25, 0.3) is 0 Å². The molecule has 4 heteroatoms. The van der Waals surface area contributed by atoms with Crippen molar-refractivity contribution in [3.63, 3.8) is 0 Å². The molecule has 100 valence electrons. The van der Waals surface area contributed by atoms with Crippen LogP contribution in [0.25, 0.3) is 0 Å². The summed E-state index contributed by atoms with van der Waals surface area (Å²) in [6.07, 6.45) is -0.765. The second-order valence-corrected chi connectivity index (χ2v) is 4.35. The number of aliphatic hydroxyl groups excluding tert-OH is 1. The summed E-state index contributed by atoms with van der Waals surface area (Å²) in [7, 11) is 0. The van der Waals surface area contributed by atoms with Crippen LogP contribution in [0.2, 0.25) is 0 Å². The molecule has 19 heavy (non-hydrogen) atoms. The average molecular weight is 264 g/mol. The first-order chi connectivity index (χ1) is 8.99. The normalized spacial score (nSPS) is 12.3. The van der Waals surface area contributed by atoms with Crippen LogP contribution in [-0.2, 0) is 0 Å². The molecule has 2 aromatic rings. The maximum atomic E-state index is 13.8. The fourth-order valence-corrected chi connectivity index (χ4v) is 1.68. The second-order valence-electron chi connectivity index (χ2n) is 4.35. The van der Waals surface area contributed by atoms with E-state index in [1.54, 1.807) is 19.1 Å². The van der Waals surface area contributed by atoms with Gasteiger partial charge in [-0.25, -0.2) is 8.78 Å². The Kier molecular flexibility index (Phi) is 3.81. The molecular formula is C15H14F2O2. The Morgan fingerprint density at radius 1 is 1.11 bits per heavy atom. The van der Waals surface area contributed by atoms with Gasteiger partial charge in [0.2, 0.25) is 0 Å². The highest BCUT2D eigenvalue weighted by atomic mass is 19.1. The Labute approximate surface area is 110 Å². The molecule has 0 radical (unpaired) electrons. The van der Waals surface area contributed by atoms with Crippen molar-refractivity contribution in [3.8, 4) is 11.5 Å². The fourth-order valence-electron chi connectivity index (χ4n) is 1.68. The Morgan fingerprint density at radius 2 is 1.84 bits per heavy atom. The smallest absolute Gasteiger partial charge is 0.168 e. The topological polar surface area (TPSA) is 29.5 Å². The van der Waals surface area contributed by atoms with Gasteiger partial charge in [-0.3, -0.25) is 0 Å². The van der Waals surface area contributed by atoms with Gasteiger partial charge in [0.1, 0.15) is 0 Å². The molecule has 0 aliphatic carbocycles. The van der Waals surface area contributed by atoms with E-state index in [-0.39, 0.29) is 11.5 Å². The minimum Gasteiger partial charge on any atom is -0.451 e. The first-order valence-corrected chi connectivity index (χ1v) is 5.89. The minimum absolute atomic E-state index is 0.0244. The van der Waals surface area contributed by atoms with Gasteiger partial charge in [0.05, 0.1) is 6.10 Å². The summed E-state index contributed by atoms with van der Waals surface area (Å²) in [5.41, 5.74) is 0.869. The van der Waals surface area contributed by atoms with E-state index in [9.17, 15) is 13.9 Å². The molecule has 1 unspecified atom stereocenters. The third-order valence-electron chi connectivity index (χ3n) is 2.81. The van der Waals surface area contributed by atoms with E-state index in [4.69, 9.17) is 4.74 Å². The van der Waals surface area contributed by atoms with Crippen molar-refractivity contribution in [2.24, 2.45) is 0 Å². The van der Waals surface area contributed by atoms with Crippen LogP contribution in [0, 0.1) is 18.6 Å². The highest BCUT2D eigenvalue weighted by Crippen LogP contribution is 2.29. The standard InChI is InChI=1S/C15H14F2O2/c1-9-4-3-5-14(15(9)17)19-13-7-6-11(10(2)18)8-12(13)16/h3-8,10,18H,1-2H3. The van der Waals surface area contributed by atoms with Gasteiger partial charge < -0.3 is 9.84 Å². The second kappa shape index (κ2) is 5.36. The first-order valence-electron chi connectivity index (χ1n) is 5.89. The largest absolute Gasteiger partial charge is 0.451 e. The van der Waals surface area contributed by atoms with E-state index < -0.39 is 17.7 Å². The van der Waals surface area contributed by atoms with Crippen LogP contribution in [-0.4, -0.2) is 5.11 Å². The van der Waals surface area contributed by atoms with Gasteiger partial charge in [-0.05, 0) is 43.2 Å². The summed E-state index contributed by atoms with van der Waals surface area (Å²) >= 11 is 0. The lowest BCUT2D eigenvalue weighted by atomic mass is 10.1. The summed E-state index contributed by atoms with van der Waals surface area (Å²) in [5.74, 6) is -1.25. The van der Waals surface area contributed by atoms with Crippen molar-refractivity contribution in [1.82, 2.24) is 0 Å². The van der Waals surface area contributed by atoms with Gasteiger partial charge in [0, 0.05) is 0 Å². The number of hydrogen-bond donors (Lipinski definition) is 1. The summed E-state index contributed by atoms with van der Waals surface area (Å²) in [4.78, 5) is 0. The molecule has 0 amide bonds. The molecule has 0 aliphatic rings. The van der Waals surface area contributed by atoms with E-state index in [0.717, 1.165) is 0 Å². The Morgan fingerprint density at radius 3 is 2.47 bits per heavy atom. The average Bonchev–Trinajstić information content (AvgIpc) is 2.37. The van der Waals surface area contributed by atoms with Crippen molar-refractivity contribution in [2.75, 3.05) is 0 Å². The molecule has 0 saturated carbocycles. The summed E-state index contributed by atoms with van der Waals surface area (Å²) < 4.78 is 32.7. The van der Waals surface area contributed by atoms with Crippen LogP contribution in [0.4, 0.5) is 8.78 Å². The molecule has 1 N–H and O–H groups in total. The summed E-state index contributed by atoms with van der Waals surface area (Å²) in [6.45, 7) is 3.14. The Balaban J connectivity index is 2.31. The number of rotatable bonds is 3. The van der Waals surface area contributed by atoms with Crippen LogP contribution in [0.5, 0.6) is 11.5 Å². The zero-order chi connectivity index (χ0) is 14.0. The number of aryl methyl sites for hydroxylation is 1. The predicted molar refractivity (Wildman–Crippen MR) is 68.2 cm³/mol. The van der Waals surface area contributed by atoms with Gasteiger partial charge in [-0.1, -0.05) is 18.2 Å². The molecule has 0 aromatic heterocycles. The molecule has 0 bridgehead atoms. The molecule has 0 fully saturated rings. The number of ether oxygens (including phenoxy) is 1. The van der Waals surface area contributed by atoms with Crippen LogP contribution >= 0.6 is 0 Å². The SMILES string of the molecule is Cc1cccc(Oc2ccc(C(C)O)cc2F)c1F. The predicted octanol–water partition coefficient (Wildman–Crippen LogP) is 4.12. The molecule has 0 aliphatic heterocycles. The molecule has 0 saturated heterocycles. The highest BCUT2D eigenvalue weighted by Gasteiger charge is 2.12. The van der Waals surface area contributed by atoms with Crippen molar-refractivity contribution >= 4 is 0 Å². The number of aliphatic hydroxyl groups is 1. The van der Waals surface area contributed by atoms with Crippen LogP contribution in [0.3, 0.4) is 0 Å². The molecule has 2 aromatic carbocycles. The van der Waals surface area contributed by atoms with E-state index in [1.165, 1.54) is 31.2 Å². The Hall–Kier alpha value is -1.94. The van der Waals surface area contributed by atoms with E-state index in [0.29, 0.717) is 11.1 Å². The van der Waals surface area contributed by atoms with Crippen molar-refractivity contribution in [2.45, 2.75) is 20.0 Å². The quantitative estimate of drug-likeness (QED) is 0.903. The van der Waals surface area contributed by atoms with Gasteiger partial charge in [-0.2, -0.15) is 0 Å². The van der Waals surface area contributed by atoms with Gasteiger partial charge in [-0.15, -0.1) is 0 Å². The van der Waals surface area contributed by atoms with Gasteiger partial charge in [0.15, 0.2) is 23.1 Å². The lowest BCUT2D eigenvalue weighted by Crippen LogP contribution is -1.96. The number of hydrogen-bond acceptors (Lipinski definition) is 2. The van der Waals surface area contributed by atoms with Crippen molar-refractivity contribution in [1.29, 1.82) is 0 Å².